The Morgan fingerprint density at radius 1 is 1.09 bits per heavy atom. The third-order valence-corrected chi connectivity index (χ3v) is 6.58. The van der Waals surface area contributed by atoms with E-state index in [0.717, 1.165) is 12.8 Å². The summed E-state index contributed by atoms with van der Waals surface area (Å²) in [6.07, 6.45) is 3.19. The highest BCUT2D eigenvalue weighted by Gasteiger charge is 2.51. The molecule has 23 heavy (non-hydrogen) atoms. The number of hydrogen-bond donors (Lipinski definition) is 0. The number of piperazine rings is 1. The van der Waals surface area contributed by atoms with Gasteiger partial charge in [-0.05, 0) is 25.0 Å². The maximum absolute atomic E-state index is 12.6. The Morgan fingerprint density at radius 2 is 1.74 bits per heavy atom. The molecule has 0 N–H and O–H groups in total. The summed E-state index contributed by atoms with van der Waals surface area (Å²) in [5.74, 6) is -0.152. The van der Waals surface area contributed by atoms with Crippen molar-refractivity contribution in [2.45, 2.75) is 24.9 Å². The molecule has 2 amide bonds. The van der Waals surface area contributed by atoms with Crippen LogP contribution < -0.4 is 0 Å². The number of rotatable bonds is 2. The fraction of sp³-hybridized carbons (Fsp3) is 0.600. The van der Waals surface area contributed by atoms with Gasteiger partial charge in [-0.2, -0.15) is 0 Å². The summed E-state index contributed by atoms with van der Waals surface area (Å²) < 4.78 is 29.4. The van der Waals surface area contributed by atoms with E-state index in [1.54, 1.807) is 21.9 Å². The van der Waals surface area contributed by atoms with E-state index in [4.69, 9.17) is 4.42 Å². The molecule has 1 aromatic rings. The van der Waals surface area contributed by atoms with Crippen molar-refractivity contribution in [3.63, 3.8) is 0 Å². The summed E-state index contributed by atoms with van der Waals surface area (Å²) in [4.78, 5) is 28.3. The molecular weight excluding hydrogens is 320 g/mol. The van der Waals surface area contributed by atoms with Gasteiger partial charge in [0.05, 0.1) is 29.9 Å². The van der Waals surface area contributed by atoms with Crippen LogP contribution >= 0.6 is 0 Å². The quantitative estimate of drug-likeness (QED) is 0.765. The molecule has 3 aliphatic rings. The second-order valence-corrected chi connectivity index (χ2v) is 8.65. The van der Waals surface area contributed by atoms with Crippen LogP contribution in [-0.4, -0.2) is 66.7 Å². The number of amides is 2. The molecule has 8 heteroatoms. The molecule has 124 valence electrons. The van der Waals surface area contributed by atoms with Crippen molar-refractivity contribution in [3.8, 4) is 0 Å². The average Bonchev–Trinajstić information content (AvgIpc) is 3.10. The maximum atomic E-state index is 12.6. The number of carbonyl (C=O) groups is 2. The molecule has 2 atom stereocenters. The minimum atomic E-state index is -3.25. The highest BCUT2D eigenvalue weighted by atomic mass is 32.2. The first-order valence-corrected chi connectivity index (χ1v) is 9.64. The van der Waals surface area contributed by atoms with E-state index in [1.807, 2.05) is 0 Å². The summed E-state index contributed by atoms with van der Waals surface area (Å²) in [5, 5.41) is 0. The van der Waals surface area contributed by atoms with E-state index in [2.05, 4.69) is 0 Å². The third-order valence-electron chi connectivity index (χ3n) is 4.88. The molecule has 1 aliphatic carbocycles. The predicted octanol–water partition coefficient (Wildman–Crippen LogP) is 0.140. The van der Waals surface area contributed by atoms with Gasteiger partial charge in [0, 0.05) is 19.0 Å². The fourth-order valence-corrected chi connectivity index (χ4v) is 5.57. The lowest BCUT2D eigenvalue weighted by molar-refractivity contribution is -0.137. The summed E-state index contributed by atoms with van der Waals surface area (Å²) in [7, 11) is -3.25. The van der Waals surface area contributed by atoms with Crippen molar-refractivity contribution in [1.82, 2.24) is 9.80 Å². The molecule has 0 radical (unpaired) electrons. The summed E-state index contributed by atoms with van der Waals surface area (Å²) in [5.41, 5.74) is 0. The SMILES string of the molecule is O=C(c1ccco1)N1CCN(C(=O)C2CC2)C2CS(=O)(=O)CC21. The van der Waals surface area contributed by atoms with Gasteiger partial charge in [0.1, 0.15) is 0 Å². The molecule has 2 unspecified atom stereocenters. The van der Waals surface area contributed by atoms with Crippen molar-refractivity contribution in [2.24, 2.45) is 5.92 Å². The first-order valence-electron chi connectivity index (χ1n) is 7.82. The van der Waals surface area contributed by atoms with Gasteiger partial charge in [-0.1, -0.05) is 0 Å². The monoisotopic (exact) mass is 338 g/mol. The molecule has 0 spiro atoms. The molecule has 0 aromatic carbocycles. The fourth-order valence-electron chi connectivity index (χ4n) is 3.59. The van der Waals surface area contributed by atoms with E-state index < -0.39 is 21.9 Å². The van der Waals surface area contributed by atoms with Crippen LogP contribution in [0.5, 0.6) is 0 Å². The zero-order valence-corrected chi connectivity index (χ0v) is 13.4. The van der Waals surface area contributed by atoms with Crippen LogP contribution in [0, 0.1) is 5.92 Å². The van der Waals surface area contributed by atoms with Crippen molar-refractivity contribution in [2.75, 3.05) is 24.6 Å². The minimum Gasteiger partial charge on any atom is -0.459 e. The lowest BCUT2D eigenvalue weighted by atomic mass is 10.0. The Hall–Kier alpha value is -1.83. The lowest BCUT2D eigenvalue weighted by Gasteiger charge is -2.43. The number of hydrogen-bond acceptors (Lipinski definition) is 5. The normalized spacial score (nSPS) is 29.4. The van der Waals surface area contributed by atoms with E-state index in [9.17, 15) is 18.0 Å². The molecule has 4 rings (SSSR count). The predicted molar refractivity (Wildman–Crippen MR) is 80.4 cm³/mol. The smallest absolute Gasteiger partial charge is 0.289 e. The molecule has 2 aliphatic heterocycles. The van der Waals surface area contributed by atoms with Crippen LogP contribution in [0.15, 0.2) is 22.8 Å². The van der Waals surface area contributed by atoms with Gasteiger partial charge in [0.25, 0.3) is 5.91 Å². The van der Waals surface area contributed by atoms with Crippen molar-refractivity contribution in [1.29, 1.82) is 0 Å². The van der Waals surface area contributed by atoms with Gasteiger partial charge >= 0.3 is 0 Å². The van der Waals surface area contributed by atoms with E-state index in [0.29, 0.717) is 13.1 Å². The van der Waals surface area contributed by atoms with Gasteiger partial charge in [-0.25, -0.2) is 8.42 Å². The van der Waals surface area contributed by atoms with Crippen LogP contribution in [-0.2, 0) is 14.6 Å². The molecule has 3 heterocycles. The van der Waals surface area contributed by atoms with E-state index in [1.165, 1.54) is 6.26 Å². The standard InChI is InChI=1S/C15H18N2O5S/c18-14(10-3-4-10)16-5-6-17(15(19)13-2-1-7-22-13)12-9-23(20,21)8-11(12)16/h1-2,7,10-12H,3-6,8-9H2. The average molecular weight is 338 g/mol. The van der Waals surface area contributed by atoms with Crippen molar-refractivity contribution < 1.29 is 22.4 Å². The van der Waals surface area contributed by atoms with Crippen LogP contribution in [0.25, 0.3) is 0 Å². The van der Waals surface area contributed by atoms with Crippen LogP contribution in [0.1, 0.15) is 23.4 Å². The molecule has 7 nitrogen and oxygen atoms in total. The minimum absolute atomic E-state index is 0.0437. The third kappa shape index (κ3) is 2.54. The number of sulfone groups is 1. The number of furan rings is 1. The first-order chi connectivity index (χ1) is 11.0. The first kappa shape index (κ1) is 14.7. The Morgan fingerprint density at radius 3 is 2.35 bits per heavy atom. The highest BCUT2D eigenvalue weighted by Crippen LogP contribution is 2.35. The Balaban J connectivity index is 1.62. The molecule has 1 aromatic heterocycles. The van der Waals surface area contributed by atoms with Crippen LogP contribution in [0.2, 0.25) is 0 Å². The topological polar surface area (TPSA) is 87.9 Å². The molecule has 0 bridgehead atoms. The van der Waals surface area contributed by atoms with Crippen molar-refractivity contribution in [3.05, 3.63) is 24.2 Å². The Bertz CT molecular complexity index is 738. The molecular formula is C15H18N2O5S. The summed E-state index contributed by atoms with van der Waals surface area (Å²) >= 11 is 0. The maximum Gasteiger partial charge on any atom is 0.289 e. The highest BCUT2D eigenvalue weighted by molar-refractivity contribution is 7.91. The van der Waals surface area contributed by atoms with Gasteiger partial charge in [0.2, 0.25) is 5.91 Å². The van der Waals surface area contributed by atoms with Gasteiger partial charge < -0.3 is 14.2 Å². The molecule has 3 fully saturated rings. The van der Waals surface area contributed by atoms with Crippen molar-refractivity contribution >= 4 is 21.7 Å². The summed E-state index contributed by atoms with van der Waals surface area (Å²) in [6.45, 7) is 0.729. The zero-order chi connectivity index (χ0) is 16.2. The van der Waals surface area contributed by atoms with E-state index in [-0.39, 0.29) is 35.0 Å². The summed E-state index contributed by atoms with van der Waals surface area (Å²) in [6, 6.07) is 2.29. The van der Waals surface area contributed by atoms with Gasteiger partial charge in [-0.15, -0.1) is 0 Å². The van der Waals surface area contributed by atoms with Gasteiger partial charge in [0.15, 0.2) is 15.6 Å². The Kier molecular flexibility index (Phi) is 3.26. The number of carbonyl (C=O) groups excluding carboxylic acids is 2. The zero-order valence-electron chi connectivity index (χ0n) is 12.6. The van der Waals surface area contributed by atoms with Gasteiger partial charge in [-0.3, -0.25) is 9.59 Å². The van der Waals surface area contributed by atoms with E-state index >= 15 is 0 Å². The van der Waals surface area contributed by atoms with Crippen LogP contribution in [0.3, 0.4) is 0 Å². The second-order valence-electron chi connectivity index (χ2n) is 6.49. The molecule has 1 saturated carbocycles. The number of fused-ring (bicyclic) bond motifs is 1. The lowest BCUT2D eigenvalue weighted by Crippen LogP contribution is -2.62. The Labute approximate surface area is 134 Å². The largest absolute Gasteiger partial charge is 0.459 e. The van der Waals surface area contributed by atoms with Crippen LogP contribution in [0.4, 0.5) is 0 Å². The molecule has 2 saturated heterocycles. The number of nitrogens with zero attached hydrogens (tertiary/aromatic N) is 2. The second kappa shape index (κ2) is 5.09.